The summed E-state index contributed by atoms with van der Waals surface area (Å²) in [5.74, 6) is -5.13. The number of hydrogen-bond acceptors (Lipinski definition) is 13. The van der Waals surface area contributed by atoms with Crippen LogP contribution in [0.15, 0.2) is 65.7 Å². The monoisotopic (exact) mass is 808 g/mol. The molecule has 20 heteroatoms. The van der Waals surface area contributed by atoms with Gasteiger partial charge in [0.05, 0.1) is 64.1 Å². The molecule has 3 rings (SSSR count). The zero-order valence-corrected chi connectivity index (χ0v) is 31.7. The van der Waals surface area contributed by atoms with Gasteiger partial charge < -0.3 is 52.1 Å². The number of carboxylic acid groups (broad SMARTS) is 1. The van der Waals surface area contributed by atoms with Gasteiger partial charge in [-0.15, -0.1) is 0 Å². The molecule has 1 aliphatic heterocycles. The fourth-order valence-corrected chi connectivity index (χ4v) is 5.05. The van der Waals surface area contributed by atoms with Gasteiger partial charge in [-0.25, -0.2) is 4.99 Å². The topological polar surface area (TPSA) is 300 Å². The third-order valence-electron chi connectivity index (χ3n) is 7.99. The molecule has 0 unspecified atom stereocenters. The first kappa shape index (κ1) is 45.9. The van der Waals surface area contributed by atoms with Gasteiger partial charge in [-0.3, -0.25) is 43.3 Å². The minimum atomic E-state index is -1.28. The number of nitrogens with two attached hydrogens (primary N) is 2. The second kappa shape index (κ2) is 24.9. The lowest BCUT2D eigenvalue weighted by Crippen LogP contribution is -2.35. The van der Waals surface area contributed by atoms with Gasteiger partial charge in [0.1, 0.15) is 18.2 Å². The third-order valence-corrected chi connectivity index (χ3v) is 7.99. The Morgan fingerprint density at radius 3 is 2.12 bits per heavy atom. The smallest absolute Gasteiger partial charge is 0.304 e. The lowest BCUT2D eigenvalue weighted by Gasteiger charge is -2.15. The zero-order chi connectivity index (χ0) is 42.3. The van der Waals surface area contributed by atoms with E-state index in [2.05, 4.69) is 26.3 Å². The second-order valence-electron chi connectivity index (χ2n) is 12.5. The summed E-state index contributed by atoms with van der Waals surface area (Å²) in [7, 11) is 0. The van der Waals surface area contributed by atoms with Crippen LogP contribution in [0.1, 0.15) is 36.0 Å². The second-order valence-corrected chi connectivity index (χ2v) is 12.5. The number of carbonyl (C=O) groups excluding carboxylic acids is 7. The molecule has 312 valence electrons. The van der Waals surface area contributed by atoms with Crippen LogP contribution in [-0.2, 0) is 43.0 Å². The first-order valence-electron chi connectivity index (χ1n) is 18.3. The van der Waals surface area contributed by atoms with E-state index >= 15 is 0 Å². The van der Waals surface area contributed by atoms with E-state index in [9.17, 15) is 43.5 Å². The number of ether oxygens (including phenoxy) is 3. The van der Waals surface area contributed by atoms with Gasteiger partial charge in [0.25, 0.3) is 17.7 Å². The number of nitrogens with zero attached hydrogens (tertiary/aromatic N) is 2. The average molecular weight is 809 g/mol. The van der Waals surface area contributed by atoms with Crippen molar-refractivity contribution in [2.45, 2.75) is 25.7 Å². The van der Waals surface area contributed by atoms with Crippen LogP contribution in [0, 0.1) is 5.92 Å². The number of Topliss-reactive ketones (excluding diaryl/α,β-unsaturated/α-hetero) is 1. The molecule has 1 atom stereocenters. The van der Waals surface area contributed by atoms with Crippen molar-refractivity contribution in [3.63, 3.8) is 0 Å². The fraction of sp³-hybridized carbons (Fsp3) is 0.395. The molecule has 6 amide bonds. The maximum atomic E-state index is 12.9. The predicted molar refractivity (Wildman–Crippen MR) is 208 cm³/mol. The number of carbonyl (C=O) groups is 8. The van der Waals surface area contributed by atoms with E-state index in [-0.39, 0.29) is 95.3 Å². The maximum Gasteiger partial charge on any atom is 0.304 e. The first-order valence-corrected chi connectivity index (χ1v) is 18.3. The largest absolute Gasteiger partial charge is 0.492 e. The van der Waals surface area contributed by atoms with Crippen LogP contribution < -0.4 is 37.5 Å². The number of carboxylic acids is 1. The number of imide groups is 1. The Morgan fingerprint density at radius 1 is 0.793 bits per heavy atom. The number of rotatable bonds is 27. The molecule has 9 N–H and O–H groups in total. The normalized spacial score (nSPS) is 12.8. The van der Waals surface area contributed by atoms with Gasteiger partial charge in [-0.05, 0) is 42.5 Å². The summed E-state index contributed by atoms with van der Waals surface area (Å²) in [6, 6.07) is 12.4. The van der Waals surface area contributed by atoms with Gasteiger partial charge in [0.2, 0.25) is 17.7 Å². The van der Waals surface area contributed by atoms with Crippen LogP contribution in [-0.4, -0.2) is 129 Å². The molecule has 20 nitrogen and oxygen atoms in total. The quantitative estimate of drug-likeness (QED) is 0.0257. The number of amides is 6. The van der Waals surface area contributed by atoms with E-state index in [0.717, 1.165) is 17.1 Å². The highest BCUT2D eigenvalue weighted by Gasteiger charge is 2.26. The minimum absolute atomic E-state index is 0.00634. The molecule has 0 saturated heterocycles. The number of ketones is 1. The van der Waals surface area contributed by atoms with Crippen molar-refractivity contribution < 1.29 is 57.7 Å². The summed E-state index contributed by atoms with van der Waals surface area (Å²) >= 11 is 0. The van der Waals surface area contributed by atoms with Gasteiger partial charge in [-0.1, -0.05) is 6.07 Å². The molecule has 2 aromatic carbocycles. The minimum Gasteiger partial charge on any atom is -0.492 e. The van der Waals surface area contributed by atoms with E-state index < -0.39 is 60.7 Å². The molecule has 0 radical (unpaired) electrons. The summed E-state index contributed by atoms with van der Waals surface area (Å²) in [6.07, 6.45) is 1.39. The molecule has 0 bridgehead atoms. The SMILES string of the molecule is NCC(N)=Nc1cccc(C(=O)NCC(=O)C[C@@H](CC(=O)O)C(=O)Nc2ccc(OCCNC(=O)CCOCCOCCNC(=O)CCN3C(=O)C=CC3=O)cc2)c1. The highest BCUT2D eigenvalue weighted by atomic mass is 16.5. The van der Waals surface area contributed by atoms with Crippen LogP contribution in [0.2, 0.25) is 0 Å². The number of anilines is 1. The molecule has 1 heterocycles. The van der Waals surface area contributed by atoms with Crippen LogP contribution >= 0.6 is 0 Å². The van der Waals surface area contributed by atoms with E-state index in [1.165, 1.54) is 24.3 Å². The molecule has 58 heavy (non-hydrogen) atoms. The van der Waals surface area contributed by atoms with E-state index in [1.807, 2.05) is 0 Å². The summed E-state index contributed by atoms with van der Waals surface area (Å²) in [5.41, 5.74) is 12.0. The molecule has 0 spiro atoms. The van der Waals surface area contributed by atoms with Gasteiger partial charge in [0, 0.05) is 55.8 Å². The average Bonchev–Trinajstić information content (AvgIpc) is 3.52. The van der Waals surface area contributed by atoms with E-state index in [0.29, 0.717) is 17.1 Å². The number of aliphatic carboxylic acids is 1. The van der Waals surface area contributed by atoms with Gasteiger partial charge in [0.15, 0.2) is 5.78 Å². The molecule has 0 saturated carbocycles. The first-order chi connectivity index (χ1) is 27.8. The van der Waals surface area contributed by atoms with Crippen molar-refractivity contribution in [3.8, 4) is 5.75 Å². The Hall–Kier alpha value is -6.51. The van der Waals surface area contributed by atoms with Gasteiger partial charge >= 0.3 is 5.97 Å². The lowest BCUT2D eigenvalue weighted by atomic mass is 9.97. The Bertz CT molecular complexity index is 1820. The molecule has 0 fully saturated rings. The summed E-state index contributed by atoms with van der Waals surface area (Å²) < 4.78 is 16.4. The molecule has 1 aliphatic rings. The summed E-state index contributed by atoms with van der Waals surface area (Å²) in [5, 5.41) is 19.7. The van der Waals surface area contributed by atoms with E-state index in [1.54, 1.807) is 24.3 Å². The fourth-order valence-electron chi connectivity index (χ4n) is 5.05. The predicted octanol–water partition coefficient (Wildman–Crippen LogP) is -0.598. The molecular formula is C38H48N8O12. The summed E-state index contributed by atoms with van der Waals surface area (Å²) in [6.45, 7) is 1.11. The Morgan fingerprint density at radius 2 is 1.45 bits per heavy atom. The van der Waals surface area contributed by atoms with Crippen LogP contribution in [0.3, 0.4) is 0 Å². The number of aliphatic imine (C=N–C) groups is 1. The van der Waals surface area contributed by atoms with Crippen LogP contribution in [0.25, 0.3) is 0 Å². The van der Waals surface area contributed by atoms with Crippen LogP contribution in [0.4, 0.5) is 11.4 Å². The molecule has 2 aromatic rings. The summed E-state index contributed by atoms with van der Waals surface area (Å²) in [4.78, 5) is 102. The Balaban J connectivity index is 1.25. The highest BCUT2D eigenvalue weighted by Crippen LogP contribution is 2.19. The Kier molecular flexibility index (Phi) is 19.7. The number of amidine groups is 1. The van der Waals surface area contributed by atoms with Crippen LogP contribution in [0.5, 0.6) is 5.75 Å². The van der Waals surface area contributed by atoms with Crippen molar-refractivity contribution in [3.05, 3.63) is 66.2 Å². The van der Waals surface area contributed by atoms with Gasteiger partial charge in [-0.2, -0.15) is 0 Å². The lowest BCUT2D eigenvalue weighted by molar-refractivity contribution is -0.141. The van der Waals surface area contributed by atoms with Crippen molar-refractivity contribution in [2.24, 2.45) is 22.4 Å². The molecule has 0 aliphatic carbocycles. The standard InChI is InChI=1S/C38H48N8O12/c39-23-31(40)44-28-3-1-2-25(20-28)37(54)43-24-29(47)21-26(22-36(52)53)38(55)45-27-4-6-30(7-5-27)58-17-13-42-33(49)11-15-56-18-19-57-16-12-41-32(48)10-14-46-34(50)8-9-35(46)51/h1-9,20,26H,10-19,21-24,39H2,(H2,40,44)(H,41,48)(H,42,49)(H,43,54)(H,45,55)(H,52,53)/t26-/m0/s1. The van der Waals surface area contributed by atoms with Crippen molar-refractivity contribution >= 4 is 64.4 Å². The maximum absolute atomic E-state index is 12.9. The number of hydrogen-bond donors (Lipinski definition) is 7. The number of benzene rings is 2. The molecule has 0 aromatic heterocycles. The number of nitrogens with one attached hydrogen (secondary N) is 4. The third kappa shape index (κ3) is 17.5. The highest BCUT2D eigenvalue weighted by molar-refractivity contribution is 6.13. The zero-order valence-electron chi connectivity index (χ0n) is 31.7. The van der Waals surface area contributed by atoms with Crippen molar-refractivity contribution in [2.75, 3.05) is 71.1 Å². The van der Waals surface area contributed by atoms with Crippen molar-refractivity contribution in [1.29, 1.82) is 0 Å². The molecular weight excluding hydrogens is 760 g/mol. The van der Waals surface area contributed by atoms with Crippen molar-refractivity contribution in [1.82, 2.24) is 20.9 Å². The van der Waals surface area contributed by atoms with E-state index in [4.69, 9.17) is 25.7 Å². The Labute approximate surface area is 333 Å².